The SMILES string of the molecule is CC1CCc2c1cccc2N(C)C. The van der Waals surface area contributed by atoms with Crippen LogP contribution in [0.3, 0.4) is 0 Å². The summed E-state index contributed by atoms with van der Waals surface area (Å²) < 4.78 is 0. The van der Waals surface area contributed by atoms with Gasteiger partial charge in [0.05, 0.1) is 0 Å². The van der Waals surface area contributed by atoms with Crippen molar-refractivity contribution in [2.45, 2.75) is 25.7 Å². The van der Waals surface area contributed by atoms with Gasteiger partial charge in [0, 0.05) is 19.8 Å². The molecule has 0 radical (unpaired) electrons. The van der Waals surface area contributed by atoms with Gasteiger partial charge in [-0.15, -0.1) is 0 Å². The van der Waals surface area contributed by atoms with E-state index in [1.165, 1.54) is 18.5 Å². The molecule has 0 aromatic heterocycles. The van der Waals surface area contributed by atoms with Crippen LogP contribution in [0.4, 0.5) is 5.69 Å². The molecule has 1 unspecified atom stereocenters. The molecule has 13 heavy (non-hydrogen) atoms. The molecule has 0 heterocycles. The van der Waals surface area contributed by atoms with Gasteiger partial charge < -0.3 is 4.90 Å². The molecule has 1 nitrogen and oxygen atoms in total. The molecule has 1 atom stereocenters. The molecule has 70 valence electrons. The first-order chi connectivity index (χ1) is 6.20. The Hall–Kier alpha value is -0.980. The highest BCUT2D eigenvalue weighted by Gasteiger charge is 2.21. The molecule has 1 aromatic rings. The molecule has 0 spiro atoms. The Morgan fingerprint density at radius 3 is 2.77 bits per heavy atom. The number of nitrogens with zero attached hydrogens (tertiary/aromatic N) is 1. The zero-order valence-electron chi connectivity index (χ0n) is 8.67. The lowest BCUT2D eigenvalue weighted by Crippen LogP contribution is -2.11. The normalized spacial score (nSPS) is 20.1. The molecule has 1 aliphatic carbocycles. The van der Waals surface area contributed by atoms with E-state index in [9.17, 15) is 0 Å². The standard InChI is InChI=1S/C12H17N/c1-9-7-8-11-10(9)5-4-6-12(11)13(2)3/h4-6,9H,7-8H2,1-3H3. The highest BCUT2D eigenvalue weighted by atomic mass is 15.1. The second-order valence-electron chi connectivity index (χ2n) is 4.18. The first kappa shape index (κ1) is 8.61. The second-order valence-corrected chi connectivity index (χ2v) is 4.18. The summed E-state index contributed by atoms with van der Waals surface area (Å²) >= 11 is 0. The van der Waals surface area contributed by atoms with Crippen LogP contribution in [0.25, 0.3) is 0 Å². The minimum atomic E-state index is 0.759. The Labute approximate surface area is 80.4 Å². The summed E-state index contributed by atoms with van der Waals surface area (Å²) in [5.41, 5.74) is 4.54. The van der Waals surface area contributed by atoms with Gasteiger partial charge in [-0.05, 0) is 36.0 Å². The topological polar surface area (TPSA) is 3.24 Å². The van der Waals surface area contributed by atoms with Gasteiger partial charge in [-0.3, -0.25) is 0 Å². The largest absolute Gasteiger partial charge is 0.377 e. The van der Waals surface area contributed by atoms with Crippen LogP contribution < -0.4 is 4.90 Å². The monoisotopic (exact) mass is 175 g/mol. The predicted molar refractivity (Wildman–Crippen MR) is 57.5 cm³/mol. The molecule has 1 heteroatoms. The maximum atomic E-state index is 2.32. The molecule has 2 rings (SSSR count). The van der Waals surface area contributed by atoms with E-state index in [0.717, 1.165) is 5.92 Å². The average Bonchev–Trinajstić information content (AvgIpc) is 2.48. The first-order valence-electron chi connectivity index (χ1n) is 4.99. The van der Waals surface area contributed by atoms with Crippen LogP contribution in [0.5, 0.6) is 0 Å². The van der Waals surface area contributed by atoms with E-state index >= 15 is 0 Å². The summed E-state index contributed by atoms with van der Waals surface area (Å²) in [6.45, 7) is 2.32. The van der Waals surface area contributed by atoms with Crippen LogP contribution in [0.1, 0.15) is 30.4 Å². The fraction of sp³-hybridized carbons (Fsp3) is 0.500. The molecule has 1 aromatic carbocycles. The van der Waals surface area contributed by atoms with E-state index in [0.29, 0.717) is 0 Å². The van der Waals surface area contributed by atoms with Crippen LogP contribution in [-0.2, 0) is 6.42 Å². The Morgan fingerprint density at radius 1 is 1.31 bits per heavy atom. The van der Waals surface area contributed by atoms with Crippen LogP contribution in [0.15, 0.2) is 18.2 Å². The highest BCUT2D eigenvalue weighted by Crippen LogP contribution is 2.37. The van der Waals surface area contributed by atoms with Gasteiger partial charge in [0.25, 0.3) is 0 Å². The van der Waals surface area contributed by atoms with Crippen LogP contribution >= 0.6 is 0 Å². The lowest BCUT2D eigenvalue weighted by molar-refractivity contribution is 0.747. The molecular weight excluding hydrogens is 158 g/mol. The van der Waals surface area contributed by atoms with Crippen molar-refractivity contribution in [2.24, 2.45) is 0 Å². The maximum absolute atomic E-state index is 2.32. The second kappa shape index (κ2) is 3.06. The summed E-state index contributed by atoms with van der Waals surface area (Å²) in [5, 5.41) is 0. The van der Waals surface area contributed by atoms with Gasteiger partial charge in [-0.25, -0.2) is 0 Å². The number of anilines is 1. The van der Waals surface area contributed by atoms with E-state index < -0.39 is 0 Å². The van der Waals surface area contributed by atoms with Gasteiger partial charge in [0.2, 0.25) is 0 Å². The van der Waals surface area contributed by atoms with Gasteiger partial charge in [0.1, 0.15) is 0 Å². The molecule has 0 saturated heterocycles. The Morgan fingerprint density at radius 2 is 2.08 bits per heavy atom. The Kier molecular flexibility index (Phi) is 2.03. The predicted octanol–water partition coefficient (Wildman–Crippen LogP) is 2.80. The minimum Gasteiger partial charge on any atom is -0.377 e. The van der Waals surface area contributed by atoms with Crippen molar-refractivity contribution in [2.75, 3.05) is 19.0 Å². The third kappa shape index (κ3) is 1.32. The van der Waals surface area contributed by atoms with E-state index in [-0.39, 0.29) is 0 Å². The fourth-order valence-corrected chi connectivity index (χ4v) is 2.26. The lowest BCUT2D eigenvalue weighted by Gasteiger charge is -2.17. The van der Waals surface area contributed by atoms with Crippen LogP contribution in [-0.4, -0.2) is 14.1 Å². The van der Waals surface area contributed by atoms with Crippen molar-refractivity contribution in [1.29, 1.82) is 0 Å². The van der Waals surface area contributed by atoms with Crippen LogP contribution in [0.2, 0.25) is 0 Å². The molecule has 0 saturated carbocycles. The van der Waals surface area contributed by atoms with Gasteiger partial charge >= 0.3 is 0 Å². The van der Waals surface area contributed by atoms with E-state index in [1.807, 2.05) is 0 Å². The number of fused-ring (bicyclic) bond motifs is 1. The van der Waals surface area contributed by atoms with Gasteiger partial charge in [0.15, 0.2) is 0 Å². The van der Waals surface area contributed by atoms with Gasteiger partial charge in [-0.1, -0.05) is 19.1 Å². The van der Waals surface area contributed by atoms with Crippen molar-refractivity contribution >= 4 is 5.69 Å². The zero-order valence-corrected chi connectivity index (χ0v) is 8.67. The lowest BCUT2D eigenvalue weighted by atomic mass is 10.0. The van der Waals surface area contributed by atoms with Crippen molar-refractivity contribution in [3.8, 4) is 0 Å². The maximum Gasteiger partial charge on any atom is 0.0396 e. The number of hydrogen-bond donors (Lipinski definition) is 0. The Balaban J connectivity index is 2.51. The minimum absolute atomic E-state index is 0.759. The van der Waals surface area contributed by atoms with Crippen molar-refractivity contribution < 1.29 is 0 Å². The zero-order chi connectivity index (χ0) is 9.42. The third-order valence-electron chi connectivity index (χ3n) is 3.03. The average molecular weight is 175 g/mol. The number of rotatable bonds is 1. The van der Waals surface area contributed by atoms with Crippen LogP contribution in [0, 0.1) is 0 Å². The van der Waals surface area contributed by atoms with Crippen molar-refractivity contribution in [3.05, 3.63) is 29.3 Å². The Bertz CT molecular complexity index is 315. The number of hydrogen-bond acceptors (Lipinski definition) is 1. The number of benzene rings is 1. The van der Waals surface area contributed by atoms with E-state index in [1.54, 1.807) is 11.1 Å². The summed E-state index contributed by atoms with van der Waals surface area (Å²) in [7, 11) is 4.25. The first-order valence-corrected chi connectivity index (χ1v) is 4.99. The van der Waals surface area contributed by atoms with Gasteiger partial charge in [-0.2, -0.15) is 0 Å². The molecule has 0 amide bonds. The fourth-order valence-electron chi connectivity index (χ4n) is 2.26. The summed E-state index contributed by atoms with van der Waals surface area (Å²) in [4.78, 5) is 2.22. The van der Waals surface area contributed by atoms with E-state index in [2.05, 4.69) is 44.1 Å². The molecule has 0 bridgehead atoms. The molecule has 0 N–H and O–H groups in total. The van der Waals surface area contributed by atoms with E-state index in [4.69, 9.17) is 0 Å². The quantitative estimate of drug-likeness (QED) is 0.634. The summed E-state index contributed by atoms with van der Waals surface area (Å²) in [6, 6.07) is 6.67. The summed E-state index contributed by atoms with van der Waals surface area (Å²) in [5.74, 6) is 0.759. The molecule has 0 fully saturated rings. The van der Waals surface area contributed by atoms with Crippen molar-refractivity contribution in [1.82, 2.24) is 0 Å². The molecule has 0 aliphatic heterocycles. The smallest absolute Gasteiger partial charge is 0.0396 e. The molecular formula is C12H17N. The molecule has 1 aliphatic rings. The third-order valence-corrected chi connectivity index (χ3v) is 3.03. The van der Waals surface area contributed by atoms with Crippen molar-refractivity contribution in [3.63, 3.8) is 0 Å². The summed E-state index contributed by atoms with van der Waals surface area (Å²) in [6.07, 6.45) is 2.57. The highest BCUT2D eigenvalue weighted by molar-refractivity contribution is 5.58.